The topological polar surface area (TPSA) is 54.9 Å². The lowest BCUT2D eigenvalue weighted by atomic mass is 10.1. The first-order valence-corrected chi connectivity index (χ1v) is 10.6. The Morgan fingerprint density at radius 3 is 2.85 bits per heavy atom. The third kappa shape index (κ3) is 4.39. The monoisotopic (exact) mass is 439 g/mol. The molecule has 1 aliphatic rings. The number of fused-ring (bicyclic) bond motifs is 1. The van der Waals surface area contributed by atoms with Crippen molar-refractivity contribution in [3.63, 3.8) is 0 Å². The molecule has 0 atom stereocenters. The van der Waals surface area contributed by atoms with Crippen LogP contribution in [-0.2, 0) is 18.6 Å². The zero-order chi connectivity index (χ0) is 18.6. The summed E-state index contributed by atoms with van der Waals surface area (Å²) in [7, 11) is 0. The molecule has 136 valence electrons. The Labute approximate surface area is 171 Å². The molecular weight excluding hydrogens is 422 g/mol. The molecule has 1 amide bonds. The summed E-state index contributed by atoms with van der Waals surface area (Å²) in [5.41, 5.74) is 5.30. The number of aromatic nitrogens is 2. The Morgan fingerprint density at radius 2 is 1.96 bits per heavy atom. The van der Waals surface area contributed by atoms with Crippen molar-refractivity contribution in [3.05, 3.63) is 81.7 Å². The summed E-state index contributed by atoms with van der Waals surface area (Å²) in [5.74, 6) is 0.594. The van der Waals surface area contributed by atoms with E-state index in [-0.39, 0.29) is 5.91 Å². The van der Waals surface area contributed by atoms with E-state index in [1.165, 1.54) is 17.5 Å². The molecule has 1 aromatic carbocycles. The predicted molar refractivity (Wildman–Crippen MR) is 112 cm³/mol. The van der Waals surface area contributed by atoms with Gasteiger partial charge in [-0.05, 0) is 88.3 Å². The molecular formula is C21H18BrN3OS. The maximum absolute atomic E-state index is 12.8. The Kier molecular flexibility index (Phi) is 5.55. The summed E-state index contributed by atoms with van der Waals surface area (Å²) < 4.78 is 0.802. The van der Waals surface area contributed by atoms with Crippen molar-refractivity contribution in [2.45, 2.75) is 30.0 Å². The lowest BCUT2D eigenvalue weighted by Gasteiger charge is -2.10. The van der Waals surface area contributed by atoms with Crippen LogP contribution in [0.4, 0.5) is 5.69 Å². The molecule has 3 aromatic rings. The third-order valence-corrected chi connectivity index (χ3v) is 6.05. The normalized spacial score (nSPS) is 12.6. The fourth-order valence-electron chi connectivity index (χ4n) is 3.21. The molecule has 2 aromatic heterocycles. The number of pyridine rings is 2. The molecule has 0 fully saturated rings. The van der Waals surface area contributed by atoms with E-state index in [2.05, 4.69) is 43.3 Å². The van der Waals surface area contributed by atoms with Gasteiger partial charge in [0, 0.05) is 23.8 Å². The standard InChI is InChI=1S/C21H18BrN3OS/c22-19-11-14(8-10-23-19)13-27-21-18(5-2-9-24-21)20(26)25-17-7-6-15-3-1-4-16(15)12-17/h2,5-12H,1,3-4,13H2,(H,25,26). The van der Waals surface area contributed by atoms with Gasteiger partial charge in [-0.25, -0.2) is 9.97 Å². The van der Waals surface area contributed by atoms with E-state index < -0.39 is 0 Å². The van der Waals surface area contributed by atoms with Crippen molar-refractivity contribution in [1.82, 2.24) is 9.97 Å². The van der Waals surface area contributed by atoms with Crippen molar-refractivity contribution in [2.24, 2.45) is 0 Å². The van der Waals surface area contributed by atoms with Crippen LogP contribution in [0.3, 0.4) is 0 Å². The van der Waals surface area contributed by atoms with Gasteiger partial charge in [-0.2, -0.15) is 0 Å². The number of aryl methyl sites for hydroxylation is 2. The lowest BCUT2D eigenvalue weighted by molar-refractivity contribution is 0.102. The predicted octanol–water partition coefficient (Wildman–Crippen LogP) is 5.27. The number of carbonyl (C=O) groups is 1. The van der Waals surface area contributed by atoms with Crippen LogP contribution in [0.2, 0.25) is 0 Å². The summed E-state index contributed by atoms with van der Waals surface area (Å²) in [5, 5.41) is 3.75. The molecule has 1 aliphatic carbocycles. The van der Waals surface area contributed by atoms with Gasteiger partial charge in [0.05, 0.1) is 5.56 Å². The van der Waals surface area contributed by atoms with Crippen molar-refractivity contribution in [2.75, 3.05) is 5.32 Å². The molecule has 0 saturated carbocycles. The van der Waals surface area contributed by atoms with Crippen LogP contribution < -0.4 is 5.32 Å². The first-order chi connectivity index (χ1) is 13.2. The van der Waals surface area contributed by atoms with E-state index in [4.69, 9.17) is 0 Å². The summed E-state index contributed by atoms with van der Waals surface area (Å²) in [6.45, 7) is 0. The van der Waals surface area contributed by atoms with Gasteiger partial charge in [0.25, 0.3) is 5.91 Å². The minimum absolute atomic E-state index is 0.126. The van der Waals surface area contributed by atoms with Crippen LogP contribution >= 0.6 is 27.7 Å². The molecule has 2 heterocycles. The highest BCUT2D eigenvalue weighted by Gasteiger charge is 2.15. The molecule has 0 unspecified atom stereocenters. The van der Waals surface area contributed by atoms with Crippen molar-refractivity contribution >= 4 is 39.3 Å². The largest absolute Gasteiger partial charge is 0.322 e. The quantitative estimate of drug-likeness (QED) is 0.434. The number of anilines is 1. The number of nitrogens with one attached hydrogen (secondary N) is 1. The van der Waals surface area contributed by atoms with Gasteiger partial charge in [-0.15, -0.1) is 11.8 Å². The number of thioether (sulfide) groups is 1. The Balaban J connectivity index is 1.49. The molecule has 6 heteroatoms. The van der Waals surface area contributed by atoms with Gasteiger partial charge in [0.2, 0.25) is 0 Å². The molecule has 4 nitrogen and oxygen atoms in total. The smallest absolute Gasteiger partial charge is 0.258 e. The van der Waals surface area contributed by atoms with Gasteiger partial charge in [-0.1, -0.05) is 6.07 Å². The number of amides is 1. The number of halogens is 1. The average Bonchev–Trinajstić information content (AvgIpc) is 3.14. The number of hydrogen-bond acceptors (Lipinski definition) is 4. The molecule has 0 saturated heterocycles. The SMILES string of the molecule is O=C(Nc1ccc2c(c1)CCC2)c1cccnc1SCc1ccnc(Br)c1. The fourth-order valence-corrected chi connectivity index (χ4v) is 4.56. The van der Waals surface area contributed by atoms with Gasteiger partial charge in [-0.3, -0.25) is 4.79 Å². The number of hydrogen-bond donors (Lipinski definition) is 1. The summed E-state index contributed by atoms with van der Waals surface area (Å²) >= 11 is 4.93. The van der Waals surface area contributed by atoms with Crippen LogP contribution in [0, 0.1) is 0 Å². The van der Waals surface area contributed by atoms with Gasteiger partial charge < -0.3 is 5.32 Å². The summed E-state index contributed by atoms with van der Waals surface area (Å²) in [6, 6.07) is 13.8. The maximum Gasteiger partial charge on any atom is 0.258 e. The summed E-state index contributed by atoms with van der Waals surface area (Å²) in [4.78, 5) is 21.4. The Morgan fingerprint density at radius 1 is 1.07 bits per heavy atom. The van der Waals surface area contributed by atoms with Crippen molar-refractivity contribution < 1.29 is 4.79 Å². The van der Waals surface area contributed by atoms with Crippen LogP contribution in [0.15, 0.2) is 64.5 Å². The Hall–Kier alpha value is -2.18. The maximum atomic E-state index is 12.8. The second kappa shape index (κ2) is 8.23. The molecule has 27 heavy (non-hydrogen) atoms. The average molecular weight is 440 g/mol. The van der Waals surface area contributed by atoms with E-state index in [0.717, 1.165) is 39.5 Å². The summed E-state index contributed by atoms with van der Waals surface area (Å²) in [6.07, 6.45) is 6.91. The first-order valence-electron chi connectivity index (χ1n) is 8.80. The molecule has 4 rings (SSSR count). The van der Waals surface area contributed by atoms with E-state index in [0.29, 0.717) is 5.56 Å². The number of nitrogens with zero attached hydrogens (tertiary/aromatic N) is 2. The number of rotatable bonds is 5. The van der Waals surface area contributed by atoms with Gasteiger partial charge >= 0.3 is 0 Å². The molecule has 0 radical (unpaired) electrons. The van der Waals surface area contributed by atoms with Crippen LogP contribution in [0.1, 0.15) is 33.5 Å². The highest BCUT2D eigenvalue weighted by atomic mass is 79.9. The van der Waals surface area contributed by atoms with Gasteiger partial charge in [0.15, 0.2) is 0 Å². The van der Waals surface area contributed by atoms with E-state index in [9.17, 15) is 4.79 Å². The highest BCUT2D eigenvalue weighted by Crippen LogP contribution is 2.27. The molecule has 0 aliphatic heterocycles. The molecule has 0 spiro atoms. The number of benzene rings is 1. The Bertz CT molecular complexity index is 993. The second-order valence-corrected chi connectivity index (χ2v) is 8.20. The minimum Gasteiger partial charge on any atom is -0.322 e. The van der Waals surface area contributed by atoms with Crippen LogP contribution in [0.5, 0.6) is 0 Å². The van der Waals surface area contributed by atoms with E-state index in [1.807, 2.05) is 24.3 Å². The van der Waals surface area contributed by atoms with Gasteiger partial charge in [0.1, 0.15) is 9.63 Å². The van der Waals surface area contributed by atoms with E-state index in [1.54, 1.807) is 30.2 Å². The molecule has 1 N–H and O–H groups in total. The number of carbonyl (C=O) groups excluding carboxylic acids is 1. The van der Waals surface area contributed by atoms with Crippen LogP contribution in [-0.4, -0.2) is 15.9 Å². The van der Waals surface area contributed by atoms with Crippen LogP contribution in [0.25, 0.3) is 0 Å². The fraction of sp³-hybridized carbons (Fsp3) is 0.190. The third-order valence-electron chi connectivity index (χ3n) is 4.54. The lowest BCUT2D eigenvalue weighted by Crippen LogP contribution is -2.13. The van der Waals surface area contributed by atoms with Crippen molar-refractivity contribution in [3.8, 4) is 0 Å². The second-order valence-electron chi connectivity index (χ2n) is 6.42. The van der Waals surface area contributed by atoms with E-state index >= 15 is 0 Å². The zero-order valence-electron chi connectivity index (χ0n) is 14.6. The van der Waals surface area contributed by atoms with Crippen molar-refractivity contribution in [1.29, 1.82) is 0 Å². The first kappa shape index (κ1) is 18.2. The highest BCUT2D eigenvalue weighted by molar-refractivity contribution is 9.10. The molecule has 0 bridgehead atoms. The minimum atomic E-state index is -0.126. The zero-order valence-corrected chi connectivity index (χ0v) is 17.0.